The summed E-state index contributed by atoms with van der Waals surface area (Å²) in [5.74, 6) is -0.256. The molecular weight excluding hydrogens is 242 g/mol. The summed E-state index contributed by atoms with van der Waals surface area (Å²) in [6, 6.07) is 8.03. The van der Waals surface area contributed by atoms with E-state index in [0.29, 0.717) is 6.54 Å². The number of piperazine rings is 1. The average Bonchev–Trinajstić information content (AvgIpc) is 2.41. The Hall–Kier alpha value is -1.43. The van der Waals surface area contributed by atoms with Gasteiger partial charge in [-0.05, 0) is 11.1 Å². The van der Waals surface area contributed by atoms with Crippen molar-refractivity contribution in [1.29, 1.82) is 0 Å². The molecule has 1 aromatic carbocycles. The fourth-order valence-corrected chi connectivity index (χ4v) is 2.33. The zero-order chi connectivity index (χ0) is 13.7. The number of hydrogen-bond acceptors (Lipinski definition) is 4. The molecule has 0 aromatic heterocycles. The molecular formula is C14H21N3O2. The maximum absolute atomic E-state index is 10.8. The fraction of sp³-hybridized carbons (Fsp3) is 0.500. The minimum Gasteiger partial charge on any atom is -0.392 e. The number of aliphatic hydroxyl groups excluding tert-OH is 1. The number of benzene rings is 1. The van der Waals surface area contributed by atoms with Crippen molar-refractivity contribution in [2.75, 3.05) is 32.7 Å². The van der Waals surface area contributed by atoms with Crippen LogP contribution in [-0.2, 0) is 17.9 Å². The van der Waals surface area contributed by atoms with Crippen LogP contribution in [0.5, 0.6) is 0 Å². The van der Waals surface area contributed by atoms with Crippen molar-refractivity contribution in [3.8, 4) is 0 Å². The highest BCUT2D eigenvalue weighted by Crippen LogP contribution is 2.10. The smallest absolute Gasteiger partial charge is 0.231 e. The molecule has 5 nitrogen and oxygen atoms in total. The van der Waals surface area contributed by atoms with Crippen LogP contribution in [0.25, 0.3) is 0 Å². The number of nitrogens with zero attached hydrogens (tertiary/aromatic N) is 2. The molecule has 3 N–H and O–H groups in total. The minimum atomic E-state index is -0.256. The van der Waals surface area contributed by atoms with Crippen molar-refractivity contribution < 1.29 is 9.90 Å². The zero-order valence-corrected chi connectivity index (χ0v) is 11.1. The summed E-state index contributed by atoms with van der Waals surface area (Å²) in [5.41, 5.74) is 7.38. The first-order valence-corrected chi connectivity index (χ1v) is 6.59. The van der Waals surface area contributed by atoms with Gasteiger partial charge in [0.25, 0.3) is 0 Å². The van der Waals surface area contributed by atoms with E-state index >= 15 is 0 Å². The van der Waals surface area contributed by atoms with Gasteiger partial charge in [0, 0.05) is 32.7 Å². The highest BCUT2D eigenvalue weighted by atomic mass is 16.3. The third-order valence-corrected chi connectivity index (χ3v) is 3.46. The van der Waals surface area contributed by atoms with Crippen LogP contribution in [0.3, 0.4) is 0 Å². The van der Waals surface area contributed by atoms with Crippen LogP contribution in [0.4, 0.5) is 0 Å². The molecule has 0 unspecified atom stereocenters. The van der Waals surface area contributed by atoms with Crippen LogP contribution in [0.1, 0.15) is 11.1 Å². The summed E-state index contributed by atoms with van der Waals surface area (Å²) in [6.07, 6.45) is 0. The quantitative estimate of drug-likeness (QED) is 0.771. The number of primary amides is 1. The average molecular weight is 263 g/mol. The Labute approximate surface area is 113 Å². The molecule has 1 aliphatic heterocycles. The molecule has 0 radical (unpaired) electrons. The number of rotatable bonds is 5. The molecule has 0 bridgehead atoms. The first kappa shape index (κ1) is 14.0. The molecule has 19 heavy (non-hydrogen) atoms. The van der Waals surface area contributed by atoms with Gasteiger partial charge in [0.15, 0.2) is 0 Å². The highest BCUT2D eigenvalue weighted by Gasteiger charge is 2.17. The maximum Gasteiger partial charge on any atom is 0.231 e. The van der Waals surface area contributed by atoms with Crippen LogP contribution in [0.2, 0.25) is 0 Å². The number of carbonyl (C=O) groups excluding carboxylic acids is 1. The zero-order valence-electron chi connectivity index (χ0n) is 11.1. The predicted octanol–water partition coefficient (Wildman–Crippen LogP) is -0.218. The normalized spacial score (nSPS) is 17.5. The van der Waals surface area contributed by atoms with E-state index in [9.17, 15) is 4.79 Å². The molecule has 1 saturated heterocycles. The molecule has 104 valence electrons. The van der Waals surface area contributed by atoms with E-state index in [1.165, 1.54) is 5.56 Å². The molecule has 1 heterocycles. The lowest BCUT2D eigenvalue weighted by atomic mass is 10.1. The van der Waals surface area contributed by atoms with Crippen molar-refractivity contribution >= 4 is 5.91 Å². The molecule has 0 atom stereocenters. The van der Waals surface area contributed by atoms with E-state index in [2.05, 4.69) is 21.9 Å². The van der Waals surface area contributed by atoms with Gasteiger partial charge in [-0.3, -0.25) is 14.6 Å². The van der Waals surface area contributed by atoms with Gasteiger partial charge in [-0.2, -0.15) is 0 Å². The Bertz CT molecular complexity index is 411. The van der Waals surface area contributed by atoms with Crippen molar-refractivity contribution in [3.63, 3.8) is 0 Å². The minimum absolute atomic E-state index is 0.0894. The van der Waals surface area contributed by atoms with E-state index in [1.54, 1.807) is 0 Å². The first-order chi connectivity index (χ1) is 9.17. The third-order valence-electron chi connectivity index (χ3n) is 3.46. The number of carbonyl (C=O) groups is 1. The SMILES string of the molecule is NC(=O)CN1CCN(Cc2ccc(CO)cc2)CC1. The van der Waals surface area contributed by atoms with Crippen molar-refractivity contribution in [2.45, 2.75) is 13.2 Å². The predicted molar refractivity (Wildman–Crippen MR) is 73.3 cm³/mol. The molecule has 2 rings (SSSR count). The lowest BCUT2D eigenvalue weighted by Crippen LogP contribution is -2.48. The van der Waals surface area contributed by atoms with Crippen LogP contribution in [-0.4, -0.2) is 53.5 Å². The van der Waals surface area contributed by atoms with Crippen LogP contribution >= 0.6 is 0 Å². The van der Waals surface area contributed by atoms with E-state index < -0.39 is 0 Å². The van der Waals surface area contributed by atoms with Gasteiger partial charge in [-0.15, -0.1) is 0 Å². The second kappa shape index (κ2) is 6.65. The molecule has 1 fully saturated rings. The topological polar surface area (TPSA) is 69.8 Å². The van der Waals surface area contributed by atoms with Gasteiger partial charge in [0.1, 0.15) is 0 Å². The molecule has 0 saturated carbocycles. The van der Waals surface area contributed by atoms with Gasteiger partial charge >= 0.3 is 0 Å². The van der Waals surface area contributed by atoms with Gasteiger partial charge in [0.05, 0.1) is 13.2 Å². The molecule has 5 heteroatoms. The molecule has 1 aromatic rings. The molecule has 1 amide bonds. The lowest BCUT2D eigenvalue weighted by molar-refractivity contribution is -0.119. The van der Waals surface area contributed by atoms with E-state index in [0.717, 1.165) is 38.3 Å². The second-order valence-electron chi connectivity index (χ2n) is 4.99. The van der Waals surface area contributed by atoms with Crippen LogP contribution < -0.4 is 5.73 Å². The number of aliphatic hydroxyl groups is 1. The summed E-state index contributed by atoms with van der Waals surface area (Å²) >= 11 is 0. The van der Waals surface area contributed by atoms with E-state index in [1.807, 2.05) is 12.1 Å². The third kappa shape index (κ3) is 4.31. The number of amides is 1. The summed E-state index contributed by atoms with van der Waals surface area (Å²) in [6.45, 7) is 5.04. The van der Waals surface area contributed by atoms with E-state index in [-0.39, 0.29) is 12.5 Å². The summed E-state index contributed by atoms with van der Waals surface area (Å²) < 4.78 is 0. The monoisotopic (exact) mass is 263 g/mol. The Morgan fingerprint density at radius 3 is 2.11 bits per heavy atom. The van der Waals surface area contributed by atoms with Gasteiger partial charge in [-0.1, -0.05) is 24.3 Å². The number of hydrogen-bond donors (Lipinski definition) is 2. The molecule has 0 spiro atoms. The van der Waals surface area contributed by atoms with Crippen LogP contribution in [0.15, 0.2) is 24.3 Å². The fourth-order valence-electron chi connectivity index (χ4n) is 2.33. The summed E-state index contributed by atoms with van der Waals surface area (Å²) in [4.78, 5) is 15.3. The Morgan fingerprint density at radius 2 is 1.58 bits per heavy atom. The Kier molecular flexibility index (Phi) is 4.90. The van der Waals surface area contributed by atoms with Gasteiger partial charge in [-0.25, -0.2) is 0 Å². The Morgan fingerprint density at radius 1 is 1.05 bits per heavy atom. The second-order valence-corrected chi connectivity index (χ2v) is 4.99. The Balaban J connectivity index is 1.80. The van der Waals surface area contributed by atoms with E-state index in [4.69, 9.17) is 10.8 Å². The van der Waals surface area contributed by atoms with Crippen molar-refractivity contribution in [2.24, 2.45) is 5.73 Å². The lowest BCUT2D eigenvalue weighted by Gasteiger charge is -2.34. The largest absolute Gasteiger partial charge is 0.392 e. The highest BCUT2D eigenvalue weighted by molar-refractivity contribution is 5.75. The molecule has 0 aliphatic carbocycles. The summed E-state index contributed by atoms with van der Waals surface area (Å²) in [7, 11) is 0. The molecule has 1 aliphatic rings. The first-order valence-electron chi connectivity index (χ1n) is 6.59. The van der Waals surface area contributed by atoms with Crippen molar-refractivity contribution in [3.05, 3.63) is 35.4 Å². The maximum atomic E-state index is 10.8. The standard InChI is InChI=1S/C14H21N3O2/c15-14(19)10-17-7-5-16(6-8-17)9-12-1-3-13(11-18)4-2-12/h1-4,18H,5-11H2,(H2,15,19). The van der Waals surface area contributed by atoms with Crippen molar-refractivity contribution in [1.82, 2.24) is 9.80 Å². The summed E-state index contributed by atoms with van der Waals surface area (Å²) in [5, 5.41) is 9.00. The van der Waals surface area contributed by atoms with Gasteiger partial charge < -0.3 is 10.8 Å². The number of nitrogens with two attached hydrogens (primary N) is 1. The van der Waals surface area contributed by atoms with Crippen LogP contribution in [0, 0.1) is 0 Å². The van der Waals surface area contributed by atoms with Gasteiger partial charge in [0.2, 0.25) is 5.91 Å².